The van der Waals surface area contributed by atoms with E-state index >= 15 is 0 Å². The largest absolute Gasteiger partial charge is 0.481 e. The molecule has 4 heteroatoms. The normalized spacial score (nSPS) is 18.5. The lowest BCUT2D eigenvalue weighted by Crippen LogP contribution is -2.22. The van der Waals surface area contributed by atoms with Crippen molar-refractivity contribution in [1.82, 2.24) is 4.57 Å². The minimum absolute atomic E-state index is 0.259. The third kappa shape index (κ3) is 1.79. The molecule has 2 aromatic rings. The van der Waals surface area contributed by atoms with E-state index in [1.54, 1.807) is 0 Å². The average molecular weight is 258 g/mol. The highest BCUT2D eigenvalue weighted by Gasteiger charge is 2.28. The highest BCUT2D eigenvalue weighted by molar-refractivity contribution is 5.89. The van der Waals surface area contributed by atoms with Crippen molar-refractivity contribution in [1.29, 1.82) is 0 Å². The number of anilines is 1. The number of aryl methyl sites for hydroxylation is 1. The summed E-state index contributed by atoms with van der Waals surface area (Å²) in [7, 11) is 0. The zero-order valence-electron chi connectivity index (χ0n) is 11.0. The number of fused-ring (bicyclic) bond motifs is 3. The van der Waals surface area contributed by atoms with Crippen molar-refractivity contribution in [3.05, 3.63) is 29.5 Å². The molecular weight excluding hydrogens is 240 g/mol. The lowest BCUT2D eigenvalue weighted by atomic mass is 9.86. The SMILES string of the molecule is CCn1c2c(c3cc(N)ccc31)CC(C(=O)O)CC2. The van der Waals surface area contributed by atoms with E-state index in [4.69, 9.17) is 5.73 Å². The summed E-state index contributed by atoms with van der Waals surface area (Å²) in [6.07, 6.45) is 2.19. The average Bonchev–Trinajstić information content (AvgIpc) is 2.71. The Balaban J connectivity index is 2.22. The van der Waals surface area contributed by atoms with Crippen LogP contribution < -0.4 is 5.73 Å². The summed E-state index contributed by atoms with van der Waals surface area (Å²) in [6.45, 7) is 3.03. The summed E-state index contributed by atoms with van der Waals surface area (Å²) in [5.41, 5.74) is 10.3. The van der Waals surface area contributed by atoms with Gasteiger partial charge in [0.05, 0.1) is 5.92 Å². The first-order valence-corrected chi connectivity index (χ1v) is 6.74. The number of benzene rings is 1. The maximum absolute atomic E-state index is 11.2. The van der Waals surface area contributed by atoms with Gasteiger partial charge in [-0.15, -0.1) is 0 Å². The van der Waals surface area contributed by atoms with E-state index in [9.17, 15) is 9.90 Å². The van der Waals surface area contributed by atoms with Crippen LogP contribution in [-0.2, 0) is 24.2 Å². The Bertz CT molecular complexity index is 658. The predicted molar refractivity (Wildman–Crippen MR) is 75.2 cm³/mol. The topological polar surface area (TPSA) is 68.2 Å². The number of nitrogens with zero attached hydrogens (tertiary/aromatic N) is 1. The van der Waals surface area contributed by atoms with Crippen molar-refractivity contribution in [2.24, 2.45) is 5.92 Å². The standard InChI is InChI=1S/C15H18N2O2/c1-2-17-13-5-3-9(15(18)19)7-11(13)12-8-10(16)4-6-14(12)17/h4,6,8-9H,2-3,5,7,16H2,1H3,(H,18,19). The van der Waals surface area contributed by atoms with Gasteiger partial charge in [-0.1, -0.05) is 0 Å². The molecule has 0 saturated carbocycles. The smallest absolute Gasteiger partial charge is 0.306 e. The second kappa shape index (κ2) is 4.30. The lowest BCUT2D eigenvalue weighted by molar-refractivity contribution is -0.142. The Labute approximate surface area is 111 Å². The van der Waals surface area contributed by atoms with Gasteiger partial charge in [0.2, 0.25) is 0 Å². The number of hydrogen-bond acceptors (Lipinski definition) is 2. The van der Waals surface area contributed by atoms with E-state index < -0.39 is 5.97 Å². The number of aliphatic carboxylic acids is 1. The molecule has 0 fully saturated rings. The minimum atomic E-state index is -0.688. The van der Waals surface area contributed by atoms with E-state index in [1.165, 1.54) is 16.8 Å². The molecule has 100 valence electrons. The van der Waals surface area contributed by atoms with Crippen LogP contribution in [0.1, 0.15) is 24.6 Å². The second-order valence-corrected chi connectivity index (χ2v) is 5.22. The number of nitrogens with two attached hydrogens (primary N) is 1. The molecule has 3 N–H and O–H groups in total. The molecule has 1 unspecified atom stereocenters. The molecule has 0 saturated heterocycles. The summed E-state index contributed by atoms with van der Waals surface area (Å²) in [5, 5.41) is 10.4. The molecule has 19 heavy (non-hydrogen) atoms. The Morgan fingerprint density at radius 1 is 1.53 bits per heavy atom. The van der Waals surface area contributed by atoms with Crippen LogP contribution in [0, 0.1) is 5.92 Å². The van der Waals surface area contributed by atoms with E-state index in [1.807, 2.05) is 18.2 Å². The minimum Gasteiger partial charge on any atom is -0.481 e. The molecule has 0 aliphatic heterocycles. The fourth-order valence-electron chi connectivity index (χ4n) is 3.24. The summed E-state index contributed by atoms with van der Waals surface area (Å²) in [5.74, 6) is -0.947. The fourth-order valence-corrected chi connectivity index (χ4v) is 3.24. The molecule has 0 spiro atoms. The predicted octanol–water partition coefficient (Wildman–Crippen LogP) is 2.43. The Kier molecular flexibility index (Phi) is 2.73. The van der Waals surface area contributed by atoms with Gasteiger partial charge in [-0.2, -0.15) is 0 Å². The molecule has 4 nitrogen and oxygen atoms in total. The number of carboxylic acids is 1. The second-order valence-electron chi connectivity index (χ2n) is 5.22. The summed E-state index contributed by atoms with van der Waals surface area (Å²) >= 11 is 0. The zero-order chi connectivity index (χ0) is 13.6. The quantitative estimate of drug-likeness (QED) is 0.813. The zero-order valence-corrected chi connectivity index (χ0v) is 11.0. The van der Waals surface area contributed by atoms with E-state index in [2.05, 4.69) is 11.5 Å². The molecule has 1 heterocycles. The first-order valence-electron chi connectivity index (χ1n) is 6.74. The summed E-state index contributed by atoms with van der Waals surface area (Å²) in [6, 6.07) is 5.93. The van der Waals surface area contributed by atoms with Crippen molar-refractivity contribution in [3.8, 4) is 0 Å². The van der Waals surface area contributed by atoms with E-state index in [-0.39, 0.29) is 5.92 Å². The summed E-state index contributed by atoms with van der Waals surface area (Å²) < 4.78 is 2.29. The molecule has 1 aliphatic carbocycles. The van der Waals surface area contributed by atoms with Gasteiger partial charge < -0.3 is 15.4 Å². The van der Waals surface area contributed by atoms with Gasteiger partial charge in [0.15, 0.2) is 0 Å². The third-order valence-corrected chi connectivity index (χ3v) is 4.16. The van der Waals surface area contributed by atoms with Crippen molar-refractivity contribution in [3.63, 3.8) is 0 Å². The van der Waals surface area contributed by atoms with E-state index in [0.29, 0.717) is 6.42 Å². The summed E-state index contributed by atoms with van der Waals surface area (Å²) in [4.78, 5) is 11.2. The van der Waals surface area contributed by atoms with Gasteiger partial charge in [0.1, 0.15) is 0 Å². The Hall–Kier alpha value is -1.97. The highest BCUT2D eigenvalue weighted by atomic mass is 16.4. The van der Waals surface area contributed by atoms with Gasteiger partial charge in [-0.05, 0) is 49.9 Å². The molecule has 1 aromatic carbocycles. The molecule has 0 radical (unpaired) electrons. The van der Waals surface area contributed by atoms with E-state index in [0.717, 1.165) is 30.5 Å². The maximum atomic E-state index is 11.2. The van der Waals surface area contributed by atoms with Crippen LogP contribution in [-0.4, -0.2) is 15.6 Å². The molecule has 3 rings (SSSR count). The van der Waals surface area contributed by atoms with Gasteiger partial charge in [-0.25, -0.2) is 0 Å². The first kappa shape index (κ1) is 12.1. The van der Waals surface area contributed by atoms with Crippen molar-refractivity contribution in [2.45, 2.75) is 32.7 Å². The number of rotatable bonds is 2. The lowest BCUT2D eigenvalue weighted by Gasteiger charge is -2.20. The monoisotopic (exact) mass is 258 g/mol. The number of carboxylic acid groups (broad SMARTS) is 1. The van der Waals surface area contributed by atoms with Crippen molar-refractivity contribution < 1.29 is 9.90 Å². The fraction of sp³-hybridized carbons (Fsp3) is 0.400. The van der Waals surface area contributed by atoms with Gasteiger partial charge in [0.25, 0.3) is 0 Å². The highest BCUT2D eigenvalue weighted by Crippen LogP contribution is 2.35. The van der Waals surface area contributed by atoms with Crippen molar-refractivity contribution in [2.75, 3.05) is 5.73 Å². The third-order valence-electron chi connectivity index (χ3n) is 4.16. The van der Waals surface area contributed by atoms with Crippen LogP contribution in [0.4, 0.5) is 5.69 Å². The van der Waals surface area contributed by atoms with Crippen molar-refractivity contribution >= 4 is 22.6 Å². The van der Waals surface area contributed by atoms with Gasteiger partial charge in [-0.3, -0.25) is 4.79 Å². The molecule has 1 aromatic heterocycles. The maximum Gasteiger partial charge on any atom is 0.306 e. The molecule has 1 atom stereocenters. The molecular formula is C15H18N2O2. The molecule has 1 aliphatic rings. The first-order chi connectivity index (χ1) is 9.11. The number of nitrogen functional groups attached to an aromatic ring is 1. The number of hydrogen-bond donors (Lipinski definition) is 2. The Morgan fingerprint density at radius 2 is 2.32 bits per heavy atom. The van der Waals surface area contributed by atoms with Crippen LogP contribution in [0.15, 0.2) is 18.2 Å². The molecule has 0 amide bonds. The van der Waals surface area contributed by atoms with Crippen LogP contribution in [0.3, 0.4) is 0 Å². The number of carbonyl (C=O) groups is 1. The van der Waals surface area contributed by atoms with Gasteiger partial charge >= 0.3 is 5.97 Å². The Morgan fingerprint density at radius 3 is 3.00 bits per heavy atom. The van der Waals surface area contributed by atoms with Crippen LogP contribution >= 0.6 is 0 Å². The van der Waals surface area contributed by atoms with Crippen LogP contribution in [0.2, 0.25) is 0 Å². The van der Waals surface area contributed by atoms with Gasteiger partial charge in [0, 0.05) is 28.8 Å². The molecule has 0 bridgehead atoms. The number of aromatic nitrogens is 1. The van der Waals surface area contributed by atoms with Crippen LogP contribution in [0.25, 0.3) is 10.9 Å². The van der Waals surface area contributed by atoms with Crippen LogP contribution in [0.5, 0.6) is 0 Å².